The molecule has 8 nitrogen and oxygen atoms in total. The molecule has 2 aromatic heterocycles. The maximum Gasteiger partial charge on any atom is 0.325 e. The molecule has 0 saturated carbocycles. The van der Waals surface area contributed by atoms with Crippen LogP contribution < -0.4 is 0 Å². The van der Waals surface area contributed by atoms with Gasteiger partial charge in [-0.05, 0) is 60.4 Å². The fourth-order valence-electron chi connectivity index (χ4n) is 5.51. The highest BCUT2D eigenvalue weighted by Crippen LogP contribution is 2.29. The Hall–Kier alpha value is -5.24. The molecule has 44 heavy (non-hydrogen) atoms. The average molecular weight is 587 g/mol. The molecule has 0 amide bonds. The standard InChI is InChI=1S/C36H34N4O4/c1-23-5-9-25(10-6-23)17-33-37-29-19-27(13-15-31(29)39(33)21-35(41)43-3)28-14-16-32-30(20-28)38-34(40(32)22-36(42)44-4)18-26-11-7-24(2)8-12-26/h5-16,19-20H,17-18,21-22H2,1-4H3. The molecule has 0 atom stereocenters. The predicted molar refractivity (Wildman–Crippen MR) is 170 cm³/mol. The molecule has 8 heteroatoms. The van der Waals surface area contributed by atoms with Gasteiger partial charge in [0.1, 0.15) is 24.7 Å². The summed E-state index contributed by atoms with van der Waals surface area (Å²) in [6.07, 6.45) is 1.18. The van der Waals surface area contributed by atoms with Gasteiger partial charge in [-0.25, -0.2) is 9.97 Å². The normalized spacial score (nSPS) is 11.3. The van der Waals surface area contributed by atoms with Crippen LogP contribution in [0.25, 0.3) is 33.2 Å². The SMILES string of the molecule is COC(=O)Cn1c(Cc2ccc(C)cc2)nc2cc(-c3ccc4c(c3)nc(Cc3ccc(C)cc3)n4CC(=O)OC)ccc21. The number of fused-ring (bicyclic) bond motifs is 2. The number of esters is 2. The van der Waals surface area contributed by atoms with Gasteiger partial charge >= 0.3 is 11.9 Å². The quantitative estimate of drug-likeness (QED) is 0.188. The van der Waals surface area contributed by atoms with Crippen LogP contribution in [0.15, 0.2) is 84.9 Å². The van der Waals surface area contributed by atoms with E-state index in [9.17, 15) is 9.59 Å². The van der Waals surface area contributed by atoms with Gasteiger partial charge < -0.3 is 18.6 Å². The van der Waals surface area contributed by atoms with E-state index in [4.69, 9.17) is 19.4 Å². The highest BCUT2D eigenvalue weighted by atomic mass is 16.5. The van der Waals surface area contributed by atoms with Crippen LogP contribution in [0.4, 0.5) is 0 Å². The molecular formula is C36H34N4O4. The van der Waals surface area contributed by atoms with E-state index >= 15 is 0 Å². The van der Waals surface area contributed by atoms with Crippen LogP contribution in [0.3, 0.4) is 0 Å². The van der Waals surface area contributed by atoms with Gasteiger partial charge in [0.2, 0.25) is 0 Å². The van der Waals surface area contributed by atoms with Crippen LogP contribution >= 0.6 is 0 Å². The Labute approximate surface area is 255 Å². The fraction of sp³-hybridized carbons (Fsp3) is 0.222. The van der Waals surface area contributed by atoms with Crippen molar-refractivity contribution in [3.8, 4) is 11.1 Å². The van der Waals surface area contributed by atoms with Gasteiger partial charge in [-0.2, -0.15) is 0 Å². The van der Waals surface area contributed by atoms with Gasteiger partial charge in [0.05, 0.1) is 36.3 Å². The third kappa shape index (κ3) is 5.97. The van der Waals surface area contributed by atoms with Gasteiger partial charge in [0, 0.05) is 12.8 Å². The van der Waals surface area contributed by atoms with Crippen LogP contribution in [0.1, 0.15) is 33.9 Å². The molecule has 0 saturated heterocycles. The number of aryl methyl sites for hydroxylation is 2. The first kappa shape index (κ1) is 28.9. The Kier molecular flexibility index (Phi) is 7.98. The average Bonchev–Trinajstić information content (AvgIpc) is 3.54. The van der Waals surface area contributed by atoms with Gasteiger partial charge in [-0.3, -0.25) is 9.59 Å². The Morgan fingerprint density at radius 1 is 0.591 bits per heavy atom. The van der Waals surface area contributed by atoms with E-state index in [0.717, 1.165) is 56.0 Å². The number of hydrogen-bond acceptors (Lipinski definition) is 6. The zero-order valence-corrected chi connectivity index (χ0v) is 25.3. The smallest absolute Gasteiger partial charge is 0.325 e. The minimum atomic E-state index is -0.326. The number of ether oxygens (including phenoxy) is 2. The van der Waals surface area contributed by atoms with Crippen molar-refractivity contribution < 1.29 is 19.1 Å². The molecule has 0 spiro atoms. The summed E-state index contributed by atoms with van der Waals surface area (Å²) in [4.78, 5) is 34.6. The van der Waals surface area contributed by atoms with Gasteiger partial charge in [0.15, 0.2) is 0 Å². The lowest BCUT2D eigenvalue weighted by Crippen LogP contribution is -2.14. The summed E-state index contributed by atoms with van der Waals surface area (Å²) in [5, 5.41) is 0. The topological polar surface area (TPSA) is 88.2 Å². The predicted octanol–water partition coefficient (Wildman–Crippen LogP) is 6.20. The van der Waals surface area contributed by atoms with Crippen molar-refractivity contribution in [3.63, 3.8) is 0 Å². The fourth-order valence-corrected chi connectivity index (χ4v) is 5.51. The van der Waals surface area contributed by atoms with E-state index in [0.29, 0.717) is 12.8 Å². The van der Waals surface area contributed by atoms with Crippen molar-refractivity contribution in [2.24, 2.45) is 0 Å². The Morgan fingerprint density at radius 3 is 1.34 bits per heavy atom. The molecule has 0 fully saturated rings. The molecule has 0 aliphatic carbocycles. The first-order chi connectivity index (χ1) is 21.3. The molecule has 0 unspecified atom stereocenters. The molecule has 0 aliphatic rings. The summed E-state index contributed by atoms with van der Waals surface area (Å²) in [5.74, 6) is 0.939. The molecular weight excluding hydrogens is 552 g/mol. The number of methoxy groups -OCH3 is 2. The minimum Gasteiger partial charge on any atom is -0.468 e. The van der Waals surface area contributed by atoms with Crippen molar-refractivity contribution in [1.29, 1.82) is 0 Å². The number of aromatic nitrogens is 4. The van der Waals surface area contributed by atoms with Crippen LogP contribution in [0.5, 0.6) is 0 Å². The van der Waals surface area contributed by atoms with Gasteiger partial charge in [-0.1, -0.05) is 71.8 Å². The summed E-state index contributed by atoms with van der Waals surface area (Å²) in [6, 6.07) is 28.8. The van der Waals surface area contributed by atoms with Crippen molar-refractivity contribution in [2.75, 3.05) is 14.2 Å². The lowest BCUT2D eigenvalue weighted by atomic mass is 10.0. The molecule has 0 aliphatic heterocycles. The summed E-state index contributed by atoms with van der Waals surface area (Å²) in [6.45, 7) is 4.29. The van der Waals surface area contributed by atoms with Crippen molar-refractivity contribution in [3.05, 3.63) is 119 Å². The molecule has 0 N–H and O–H groups in total. The van der Waals surface area contributed by atoms with Crippen molar-refractivity contribution >= 4 is 34.0 Å². The van der Waals surface area contributed by atoms with Crippen molar-refractivity contribution in [1.82, 2.24) is 19.1 Å². The molecule has 2 heterocycles. The lowest BCUT2D eigenvalue weighted by molar-refractivity contribution is -0.142. The summed E-state index contributed by atoms with van der Waals surface area (Å²) >= 11 is 0. The van der Waals surface area contributed by atoms with E-state index in [1.54, 1.807) is 0 Å². The van der Waals surface area contributed by atoms with Crippen molar-refractivity contribution in [2.45, 2.75) is 39.8 Å². The highest BCUT2D eigenvalue weighted by Gasteiger charge is 2.18. The number of hydrogen-bond donors (Lipinski definition) is 0. The van der Waals surface area contributed by atoms with Gasteiger partial charge in [0.25, 0.3) is 0 Å². The minimum absolute atomic E-state index is 0.0842. The first-order valence-electron chi connectivity index (χ1n) is 14.5. The van der Waals surface area contributed by atoms with Crippen LogP contribution in [-0.2, 0) is 45.0 Å². The van der Waals surface area contributed by atoms with E-state index < -0.39 is 0 Å². The first-order valence-corrected chi connectivity index (χ1v) is 14.5. The molecule has 222 valence electrons. The molecule has 6 rings (SSSR count). The number of benzene rings is 4. The Balaban J connectivity index is 1.38. The molecule has 0 bridgehead atoms. The maximum absolute atomic E-state index is 12.3. The summed E-state index contributed by atoms with van der Waals surface area (Å²) < 4.78 is 13.8. The number of rotatable bonds is 9. The van der Waals surface area contributed by atoms with Crippen LogP contribution in [0.2, 0.25) is 0 Å². The molecule has 4 aromatic carbocycles. The Bertz CT molecular complexity index is 1840. The van der Waals surface area contributed by atoms with Crippen LogP contribution in [0, 0.1) is 13.8 Å². The van der Waals surface area contributed by atoms with E-state index in [2.05, 4.69) is 62.4 Å². The maximum atomic E-state index is 12.3. The zero-order chi connectivity index (χ0) is 30.8. The monoisotopic (exact) mass is 586 g/mol. The second-order valence-electron chi connectivity index (χ2n) is 11.1. The number of carbonyl (C=O) groups is 2. The summed E-state index contributed by atoms with van der Waals surface area (Å²) in [7, 11) is 2.79. The number of carbonyl (C=O) groups excluding carboxylic acids is 2. The second-order valence-corrected chi connectivity index (χ2v) is 11.1. The number of nitrogens with zero attached hydrogens (tertiary/aromatic N) is 4. The largest absolute Gasteiger partial charge is 0.468 e. The molecule has 0 radical (unpaired) electrons. The van der Waals surface area contributed by atoms with E-state index in [1.807, 2.05) is 45.5 Å². The zero-order valence-electron chi connectivity index (χ0n) is 25.3. The van der Waals surface area contributed by atoms with E-state index in [1.165, 1.54) is 25.3 Å². The second kappa shape index (κ2) is 12.2. The highest BCUT2D eigenvalue weighted by molar-refractivity contribution is 5.88. The molecule has 6 aromatic rings. The Morgan fingerprint density at radius 2 is 0.977 bits per heavy atom. The summed E-state index contributed by atoms with van der Waals surface area (Å²) in [5.41, 5.74) is 9.90. The van der Waals surface area contributed by atoms with Gasteiger partial charge in [-0.15, -0.1) is 0 Å². The third-order valence-electron chi connectivity index (χ3n) is 7.98. The number of imidazole rings is 2. The van der Waals surface area contributed by atoms with E-state index in [-0.39, 0.29) is 25.0 Å². The van der Waals surface area contributed by atoms with Crippen LogP contribution in [-0.4, -0.2) is 45.3 Å². The lowest BCUT2D eigenvalue weighted by Gasteiger charge is -2.09. The third-order valence-corrected chi connectivity index (χ3v) is 7.98.